The van der Waals surface area contributed by atoms with E-state index in [0.717, 1.165) is 6.08 Å². The highest BCUT2D eigenvalue weighted by molar-refractivity contribution is 6.04. The van der Waals surface area contributed by atoms with Gasteiger partial charge in [-0.05, 0) is 0 Å². The third-order valence-electron chi connectivity index (χ3n) is 1.73. The number of ether oxygens (including phenoxy) is 1. The summed E-state index contributed by atoms with van der Waals surface area (Å²) in [5.41, 5.74) is 2.26. The van der Waals surface area contributed by atoms with E-state index in [0.29, 0.717) is 5.01 Å². The zero-order chi connectivity index (χ0) is 11.4. The average Bonchev–Trinajstić information content (AvgIpc) is 2.44. The standard InChI is InChI=1S/C8H10N2O5/c1-2-7(13)15-4-9-10-6(12)3-5(11)8(10)14/h2,5,9,11H,1,3-4H2. The molecule has 1 aliphatic heterocycles. The molecule has 0 aromatic carbocycles. The monoisotopic (exact) mass is 214 g/mol. The van der Waals surface area contributed by atoms with E-state index in [2.05, 4.69) is 16.7 Å². The van der Waals surface area contributed by atoms with Gasteiger partial charge < -0.3 is 9.84 Å². The summed E-state index contributed by atoms with van der Waals surface area (Å²) in [6, 6.07) is 0. The molecule has 1 saturated heterocycles. The second kappa shape index (κ2) is 4.67. The highest BCUT2D eigenvalue weighted by Gasteiger charge is 2.37. The molecular weight excluding hydrogens is 204 g/mol. The van der Waals surface area contributed by atoms with Gasteiger partial charge in [-0.2, -0.15) is 5.43 Å². The fourth-order valence-electron chi connectivity index (χ4n) is 1.01. The molecule has 0 aromatic rings. The van der Waals surface area contributed by atoms with Crippen LogP contribution in [0.1, 0.15) is 6.42 Å². The van der Waals surface area contributed by atoms with Crippen molar-refractivity contribution in [3.63, 3.8) is 0 Å². The van der Waals surface area contributed by atoms with Crippen LogP contribution >= 0.6 is 0 Å². The van der Waals surface area contributed by atoms with Gasteiger partial charge in [0.2, 0.25) is 5.91 Å². The van der Waals surface area contributed by atoms with E-state index in [4.69, 9.17) is 5.11 Å². The largest absolute Gasteiger partial charge is 0.445 e. The molecule has 1 aliphatic rings. The topological polar surface area (TPSA) is 95.9 Å². The summed E-state index contributed by atoms with van der Waals surface area (Å²) in [4.78, 5) is 32.8. The molecule has 0 aromatic heterocycles. The number of nitrogens with zero attached hydrogens (tertiary/aromatic N) is 1. The van der Waals surface area contributed by atoms with Gasteiger partial charge in [0.25, 0.3) is 5.91 Å². The lowest BCUT2D eigenvalue weighted by molar-refractivity contribution is -0.151. The van der Waals surface area contributed by atoms with Crippen molar-refractivity contribution in [2.24, 2.45) is 0 Å². The van der Waals surface area contributed by atoms with Gasteiger partial charge >= 0.3 is 5.97 Å². The molecule has 7 nitrogen and oxygen atoms in total. The Labute approximate surface area is 85.3 Å². The number of hydrogen-bond donors (Lipinski definition) is 2. The summed E-state index contributed by atoms with van der Waals surface area (Å²) < 4.78 is 4.49. The Morgan fingerprint density at radius 2 is 2.40 bits per heavy atom. The maximum atomic E-state index is 11.1. The normalized spacial score (nSPS) is 20.6. The Morgan fingerprint density at radius 1 is 1.73 bits per heavy atom. The maximum absolute atomic E-state index is 11.1. The third kappa shape index (κ3) is 2.61. The molecule has 0 spiro atoms. The molecule has 82 valence electrons. The van der Waals surface area contributed by atoms with E-state index in [1.165, 1.54) is 0 Å². The fourth-order valence-corrected chi connectivity index (χ4v) is 1.01. The van der Waals surface area contributed by atoms with Crippen LogP contribution in [0.3, 0.4) is 0 Å². The zero-order valence-corrected chi connectivity index (χ0v) is 7.80. The second-order valence-corrected chi connectivity index (χ2v) is 2.76. The van der Waals surface area contributed by atoms with E-state index in [9.17, 15) is 14.4 Å². The quantitative estimate of drug-likeness (QED) is 0.250. The van der Waals surface area contributed by atoms with Crippen molar-refractivity contribution >= 4 is 17.8 Å². The second-order valence-electron chi connectivity index (χ2n) is 2.76. The zero-order valence-electron chi connectivity index (χ0n) is 7.80. The van der Waals surface area contributed by atoms with Crippen LogP contribution in [0.2, 0.25) is 0 Å². The number of aliphatic hydroxyl groups is 1. The fraction of sp³-hybridized carbons (Fsp3) is 0.375. The van der Waals surface area contributed by atoms with Crippen LogP contribution in [-0.4, -0.2) is 40.7 Å². The minimum Gasteiger partial charge on any atom is -0.445 e. The Morgan fingerprint density at radius 3 is 2.87 bits per heavy atom. The molecule has 1 heterocycles. The van der Waals surface area contributed by atoms with E-state index in [1.54, 1.807) is 0 Å². The van der Waals surface area contributed by atoms with E-state index in [-0.39, 0.29) is 13.2 Å². The van der Waals surface area contributed by atoms with Gasteiger partial charge in [-0.3, -0.25) is 9.59 Å². The minimum atomic E-state index is -1.32. The first kappa shape index (κ1) is 11.3. The predicted octanol–water partition coefficient (Wildman–Crippen LogP) is -1.70. The number of nitrogens with one attached hydrogen (secondary N) is 1. The average molecular weight is 214 g/mol. The lowest BCUT2D eigenvalue weighted by atomic mass is 10.3. The number of carbonyl (C=O) groups is 3. The van der Waals surface area contributed by atoms with Crippen LogP contribution < -0.4 is 5.43 Å². The maximum Gasteiger partial charge on any atom is 0.331 e. The van der Waals surface area contributed by atoms with Gasteiger partial charge in [-0.1, -0.05) is 6.58 Å². The van der Waals surface area contributed by atoms with Crippen molar-refractivity contribution in [2.45, 2.75) is 12.5 Å². The summed E-state index contributed by atoms with van der Waals surface area (Å²) >= 11 is 0. The van der Waals surface area contributed by atoms with Crippen molar-refractivity contribution in [2.75, 3.05) is 6.73 Å². The summed E-state index contributed by atoms with van der Waals surface area (Å²) in [6.07, 6.45) is -0.633. The smallest absolute Gasteiger partial charge is 0.331 e. The molecule has 0 bridgehead atoms. The summed E-state index contributed by atoms with van der Waals surface area (Å²) in [6.45, 7) is 2.82. The Balaban J connectivity index is 2.39. The van der Waals surface area contributed by atoms with Crippen molar-refractivity contribution in [3.05, 3.63) is 12.7 Å². The highest BCUT2D eigenvalue weighted by atomic mass is 16.5. The van der Waals surface area contributed by atoms with E-state index in [1.807, 2.05) is 0 Å². The van der Waals surface area contributed by atoms with Crippen molar-refractivity contribution < 1.29 is 24.2 Å². The van der Waals surface area contributed by atoms with Gasteiger partial charge in [0.05, 0.1) is 6.42 Å². The van der Waals surface area contributed by atoms with Gasteiger partial charge in [-0.15, -0.1) is 0 Å². The van der Waals surface area contributed by atoms with Gasteiger partial charge in [-0.25, -0.2) is 9.80 Å². The Kier molecular flexibility index (Phi) is 3.53. The molecule has 2 amide bonds. The van der Waals surface area contributed by atoms with Crippen LogP contribution in [0.5, 0.6) is 0 Å². The number of carbonyl (C=O) groups excluding carboxylic acids is 3. The number of hydrazine groups is 1. The molecule has 0 radical (unpaired) electrons. The number of imide groups is 1. The number of aliphatic hydroxyl groups excluding tert-OH is 1. The molecule has 2 N–H and O–H groups in total. The predicted molar refractivity (Wildman–Crippen MR) is 46.8 cm³/mol. The van der Waals surface area contributed by atoms with Gasteiger partial charge in [0.15, 0.2) is 6.73 Å². The SMILES string of the molecule is C=CC(=O)OCNN1C(=O)CC(O)C1=O. The number of rotatable bonds is 4. The van der Waals surface area contributed by atoms with E-state index < -0.39 is 23.9 Å². The number of esters is 1. The Hall–Kier alpha value is -1.73. The summed E-state index contributed by atoms with van der Waals surface area (Å²) in [7, 11) is 0. The van der Waals surface area contributed by atoms with Crippen LogP contribution in [0.25, 0.3) is 0 Å². The van der Waals surface area contributed by atoms with Gasteiger partial charge in [0.1, 0.15) is 6.10 Å². The molecule has 0 aliphatic carbocycles. The van der Waals surface area contributed by atoms with Crippen LogP contribution in [0.4, 0.5) is 0 Å². The third-order valence-corrected chi connectivity index (χ3v) is 1.73. The first-order valence-electron chi connectivity index (χ1n) is 4.14. The highest BCUT2D eigenvalue weighted by Crippen LogP contribution is 2.09. The van der Waals surface area contributed by atoms with Crippen molar-refractivity contribution in [3.8, 4) is 0 Å². The van der Waals surface area contributed by atoms with Crippen LogP contribution in [-0.2, 0) is 19.1 Å². The van der Waals surface area contributed by atoms with Crippen molar-refractivity contribution in [1.29, 1.82) is 0 Å². The first-order chi connectivity index (χ1) is 7.06. The van der Waals surface area contributed by atoms with Gasteiger partial charge in [0, 0.05) is 6.08 Å². The first-order valence-corrected chi connectivity index (χ1v) is 4.14. The molecule has 15 heavy (non-hydrogen) atoms. The Bertz CT molecular complexity index is 314. The molecule has 1 fully saturated rings. The molecule has 1 unspecified atom stereocenters. The summed E-state index contributed by atoms with van der Waals surface area (Å²) in [5, 5.41) is 9.64. The molecule has 7 heteroatoms. The van der Waals surface area contributed by atoms with Crippen molar-refractivity contribution in [1.82, 2.24) is 10.4 Å². The van der Waals surface area contributed by atoms with E-state index >= 15 is 0 Å². The lowest BCUT2D eigenvalue weighted by Gasteiger charge is -2.14. The minimum absolute atomic E-state index is 0.263. The number of hydrogen-bond acceptors (Lipinski definition) is 6. The molecule has 1 atom stereocenters. The summed E-state index contributed by atoms with van der Waals surface area (Å²) in [5.74, 6) is -2.00. The molecular formula is C8H10N2O5. The van der Waals surface area contributed by atoms with Crippen LogP contribution in [0.15, 0.2) is 12.7 Å². The lowest BCUT2D eigenvalue weighted by Crippen LogP contribution is -2.44. The molecule has 1 rings (SSSR count). The molecule has 0 saturated carbocycles. The van der Waals surface area contributed by atoms with Crippen LogP contribution in [0, 0.1) is 0 Å². The number of amides is 2.